The molecule has 0 aromatic heterocycles. The van der Waals surface area contributed by atoms with Gasteiger partial charge in [-0.2, -0.15) is 0 Å². The molecule has 98 valence electrons. The van der Waals surface area contributed by atoms with Crippen molar-refractivity contribution < 1.29 is 18.7 Å². The summed E-state index contributed by atoms with van der Waals surface area (Å²) >= 11 is 0. The first kappa shape index (κ1) is 12.8. The van der Waals surface area contributed by atoms with E-state index in [1.807, 2.05) is 0 Å². The minimum Gasteiger partial charge on any atom is -0.459 e. The molecule has 0 aliphatic carbocycles. The minimum atomic E-state index is -0.540. The number of halogens is 1. The first-order valence-electron chi connectivity index (χ1n) is 6.00. The fourth-order valence-corrected chi connectivity index (χ4v) is 1.86. The number of benzene rings is 1. The van der Waals surface area contributed by atoms with Crippen LogP contribution in [0.4, 0.5) is 10.1 Å². The molecule has 0 saturated carbocycles. The molecule has 4 nitrogen and oxygen atoms in total. The maximum atomic E-state index is 12.9. The van der Waals surface area contributed by atoms with E-state index in [0.29, 0.717) is 6.61 Å². The second-order valence-corrected chi connectivity index (χ2v) is 4.32. The highest BCUT2D eigenvalue weighted by molar-refractivity contribution is 5.90. The third kappa shape index (κ3) is 3.20. The van der Waals surface area contributed by atoms with Gasteiger partial charge in [-0.15, -0.1) is 0 Å². The third-order valence-electron chi connectivity index (χ3n) is 2.91. The van der Waals surface area contributed by atoms with Crippen molar-refractivity contribution in [2.75, 3.05) is 18.9 Å². The minimum absolute atomic E-state index is 0.0273. The summed E-state index contributed by atoms with van der Waals surface area (Å²) < 4.78 is 23.5. The Morgan fingerprint density at radius 1 is 1.50 bits per heavy atom. The van der Waals surface area contributed by atoms with Gasteiger partial charge in [-0.25, -0.2) is 9.18 Å². The number of carbonyl (C=O) groups excluding carboxylic acids is 1. The highest BCUT2D eigenvalue weighted by atomic mass is 19.1. The zero-order valence-electron chi connectivity index (χ0n) is 10.0. The van der Waals surface area contributed by atoms with E-state index >= 15 is 0 Å². The molecule has 18 heavy (non-hydrogen) atoms. The molecule has 2 rings (SSSR count). The van der Waals surface area contributed by atoms with E-state index in [2.05, 4.69) is 0 Å². The molecule has 1 aromatic rings. The van der Waals surface area contributed by atoms with Crippen molar-refractivity contribution in [1.82, 2.24) is 0 Å². The van der Waals surface area contributed by atoms with Crippen molar-refractivity contribution in [1.29, 1.82) is 0 Å². The van der Waals surface area contributed by atoms with Gasteiger partial charge < -0.3 is 15.2 Å². The average molecular weight is 253 g/mol. The Hall–Kier alpha value is -1.62. The topological polar surface area (TPSA) is 61.6 Å². The molecule has 0 amide bonds. The maximum absolute atomic E-state index is 12.9. The highest BCUT2D eigenvalue weighted by Crippen LogP contribution is 2.15. The molecule has 1 saturated heterocycles. The van der Waals surface area contributed by atoms with Crippen LogP contribution in [-0.2, 0) is 9.47 Å². The lowest BCUT2D eigenvalue weighted by Gasteiger charge is -2.22. The summed E-state index contributed by atoms with van der Waals surface area (Å²) in [5.41, 5.74) is 5.59. The number of nitrogen functional groups attached to an aromatic ring is 1. The van der Waals surface area contributed by atoms with E-state index in [1.165, 1.54) is 12.1 Å². The normalized spacial score (nSPS) is 19.5. The van der Waals surface area contributed by atoms with E-state index in [1.54, 1.807) is 0 Å². The van der Waals surface area contributed by atoms with E-state index in [-0.39, 0.29) is 24.0 Å². The molecule has 1 aromatic carbocycles. The van der Waals surface area contributed by atoms with Gasteiger partial charge in [0.2, 0.25) is 0 Å². The van der Waals surface area contributed by atoms with Gasteiger partial charge >= 0.3 is 5.97 Å². The molecule has 0 spiro atoms. The van der Waals surface area contributed by atoms with Crippen LogP contribution in [0.25, 0.3) is 0 Å². The van der Waals surface area contributed by atoms with Gasteiger partial charge in [0, 0.05) is 6.61 Å². The monoisotopic (exact) mass is 253 g/mol. The Balaban J connectivity index is 1.88. The summed E-state index contributed by atoms with van der Waals surface area (Å²) in [6, 6.07) is 3.79. The fourth-order valence-electron chi connectivity index (χ4n) is 1.86. The SMILES string of the molecule is Nc1cc(C(=O)OCC2CCCCO2)ccc1F. The molecule has 1 aliphatic rings. The van der Waals surface area contributed by atoms with Gasteiger partial charge in [-0.3, -0.25) is 0 Å². The molecule has 0 radical (unpaired) electrons. The second kappa shape index (κ2) is 5.82. The van der Waals surface area contributed by atoms with Crippen molar-refractivity contribution in [2.45, 2.75) is 25.4 Å². The number of nitrogens with two attached hydrogens (primary N) is 1. The van der Waals surface area contributed by atoms with Crippen molar-refractivity contribution >= 4 is 11.7 Å². The zero-order valence-corrected chi connectivity index (χ0v) is 10.0. The van der Waals surface area contributed by atoms with Gasteiger partial charge in [-0.05, 0) is 37.5 Å². The van der Waals surface area contributed by atoms with Crippen LogP contribution in [0.5, 0.6) is 0 Å². The Kier molecular flexibility index (Phi) is 4.15. The number of rotatable bonds is 3. The van der Waals surface area contributed by atoms with Crippen molar-refractivity contribution in [2.24, 2.45) is 0 Å². The van der Waals surface area contributed by atoms with Gasteiger partial charge in [0.25, 0.3) is 0 Å². The van der Waals surface area contributed by atoms with Crippen molar-refractivity contribution in [3.8, 4) is 0 Å². The van der Waals surface area contributed by atoms with E-state index < -0.39 is 11.8 Å². The second-order valence-electron chi connectivity index (χ2n) is 4.32. The molecule has 1 heterocycles. The summed E-state index contributed by atoms with van der Waals surface area (Å²) in [7, 11) is 0. The predicted molar refractivity (Wildman–Crippen MR) is 64.7 cm³/mol. The van der Waals surface area contributed by atoms with E-state index in [0.717, 1.165) is 25.3 Å². The first-order chi connectivity index (χ1) is 8.66. The van der Waals surface area contributed by atoms with E-state index in [4.69, 9.17) is 15.2 Å². The molecule has 2 N–H and O–H groups in total. The number of hydrogen-bond acceptors (Lipinski definition) is 4. The molecular formula is C13H16FNO3. The van der Waals surface area contributed by atoms with Gasteiger partial charge in [0.15, 0.2) is 0 Å². The van der Waals surface area contributed by atoms with Crippen LogP contribution in [0.15, 0.2) is 18.2 Å². The van der Waals surface area contributed by atoms with Gasteiger partial charge in [0.05, 0.1) is 17.4 Å². The molecule has 1 atom stereocenters. The lowest BCUT2D eigenvalue weighted by molar-refractivity contribution is -0.0300. The van der Waals surface area contributed by atoms with E-state index in [9.17, 15) is 9.18 Å². The lowest BCUT2D eigenvalue weighted by atomic mass is 10.1. The molecule has 5 heteroatoms. The Morgan fingerprint density at radius 2 is 2.33 bits per heavy atom. The lowest BCUT2D eigenvalue weighted by Crippen LogP contribution is -2.26. The van der Waals surface area contributed by atoms with Crippen LogP contribution in [-0.4, -0.2) is 25.3 Å². The first-order valence-corrected chi connectivity index (χ1v) is 6.00. The summed E-state index contributed by atoms with van der Waals surface area (Å²) in [4.78, 5) is 11.7. The quantitative estimate of drug-likeness (QED) is 0.662. The maximum Gasteiger partial charge on any atom is 0.338 e. The Morgan fingerprint density at radius 3 is 3.00 bits per heavy atom. The number of carbonyl (C=O) groups is 1. The summed E-state index contributed by atoms with van der Waals surface area (Å²) in [6.07, 6.45) is 3.02. The van der Waals surface area contributed by atoms with Crippen molar-refractivity contribution in [3.63, 3.8) is 0 Å². The molecule has 1 unspecified atom stereocenters. The van der Waals surface area contributed by atoms with Crippen LogP contribution in [0.1, 0.15) is 29.6 Å². The highest BCUT2D eigenvalue weighted by Gasteiger charge is 2.17. The molecule has 0 bridgehead atoms. The van der Waals surface area contributed by atoms with Crippen LogP contribution in [0.3, 0.4) is 0 Å². The summed E-state index contributed by atoms with van der Waals surface area (Å²) in [5, 5.41) is 0. The third-order valence-corrected chi connectivity index (χ3v) is 2.91. The summed E-state index contributed by atoms with van der Waals surface area (Å²) in [6.45, 7) is 0.946. The Labute approximate surface area is 105 Å². The Bertz CT molecular complexity index is 430. The summed E-state index contributed by atoms with van der Waals surface area (Å²) in [5.74, 6) is -1.04. The number of esters is 1. The van der Waals surface area contributed by atoms with Gasteiger partial charge in [0.1, 0.15) is 12.4 Å². The number of anilines is 1. The number of hydrogen-bond donors (Lipinski definition) is 1. The smallest absolute Gasteiger partial charge is 0.338 e. The fraction of sp³-hybridized carbons (Fsp3) is 0.462. The number of ether oxygens (including phenoxy) is 2. The van der Waals surface area contributed by atoms with Crippen molar-refractivity contribution in [3.05, 3.63) is 29.6 Å². The molecule has 1 aliphatic heterocycles. The average Bonchev–Trinajstić information content (AvgIpc) is 2.40. The standard InChI is InChI=1S/C13H16FNO3/c14-11-5-4-9(7-12(11)15)13(16)18-8-10-3-1-2-6-17-10/h4-5,7,10H,1-3,6,8,15H2. The van der Waals surface area contributed by atoms with Crippen LogP contribution < -0.4 is 5.73 Å². The van der Waals surface area contributed by atoms with Crippen LogP contribution >= 0.6 is 0 Å². The molecule has 1 fully saturated rings. The van der Waals surface area contributed by atoms with Crippen LogP contribution in [0, 0.1) is 5.82 Å². The van der Waals surface area contributed by atoms with Crippen LogP contribution in [0.2, 0.25) is 0 Å². The predicted octanol–water partition coefficient (Wildman–Crippen LogP) is 2.13. The van der Waals surface area contributed by atoms with Gasteiger partial charge in [-0.1, -0.05) is 0 Å². The zero-order chi connectivity index (χ0) is 13.0. The molecular weight excluding hydrogens is 237 g/mol. The largest absolute Gasteiger partial charge is 0.459 e.